The minimum Gasteiger partial charge on any atom is -0.464 e. The molecule has 81 heavy (non-hydrogen) atoms. The summed E-state index contributed by atoms with van der Waals surface area (Å²) >= 11 is 0. The molecule has 0 radical (unpaired) electrons. The fourth-order valence-corrected chi connectivity index (χ4v) is 9.59. The number of nitrogens with one attached hydrogen (secondary N) is 1. The predicted molar refractivity (Wildman–Crippen MR) is 312 cm³/mol. The van der Waals surface area contributed by atoms with Crippen LogP contribution in [-0.4, -0.2) is 81.7 Å². The smallest absolute Gasteiger partial charge is 0.302 e. The molecule has 22 heteroatoms. The Morgan fingerprint density at radius 3 is 1.35 bits per heavy atom. The Kier molecular flexibility index (Phi) is 21.5. The fraction of sp³-hybridized carbons (Fsp3) is 0.356. The van der Waals surface area contributed by atoms with Crippen LogP contribution in [0.15, 0.2) is 141 Å². The molecule has 4 heterocycles. The highest BCUT2D eigenvalue weighted by atomic mass is 16.6. The Morgan fingerprint density at radius 1 is 0.556 bits per heavy atom. The zero-order valence-corrected chi connectivity index (χ0v) is 45.8. The normalized spacial score (nSPS) is 13.9. The van der Waals surface area contributed by atoms with Crippen LogP contribution in [0.3, 0.4) is 0 Å². The van der Waals surface area contributed by atoms with E-state index >= 15 is 0 Å². The first-order valence-corrected chi connectivity index (χ1v) is 26.6. The second kappa shape index (κ2) is 28.3. The number of hydrogen-bond acceptors (Lipinski definition) is 15. The van der Waals surface area contributed by atoms with Gasteiger partial charge in [0.1, 0.15) is 6.61 Å². The largest absolute Gasteiger partial charge is 0.464 e. The number of aliphatic hydroxyl groups excluding tert-OH is 3. The van der Waals surface area contributed by atoms with Crippen LogP contribution in [-0.2, 0) is 14.3 Å². The molecule has 4 atom stereocenters. The number of anilines is 2. The number of pyridine rings is 4. The maximum absolute atomic E-state index is 12.7. The van der Waals surface area contributed by atoms with Crippen LogP contribution in [0.2, 0.25) is 0 Å². The van der Waals surface area contributed by atoms with Crippen LogP contribution in [0, 0.1) is 26.1 Å². The second-order valence-corrected chi connectivity index (χ2v) is 20.0. The van der Waals surface area contributed by atoms with Gasteiger partial charge >= 0.3 is 5.97 Å². The molecule has 0 bridgehead atoms. The SMILES string of the molecule is CC(=O)OC[C@@H](C)n1ccc2c([N+](=O)[O-])cccc2c1=O.C[C@H](CO)n1ccc2c(N)cccc2c1=O.C[C@H](CO)n1ccc2c(NC(=O)CC3CCCCCC3)cccc2c1=O.C[C@H](CO)n1ccc2c([N+](=O)[O-])cccc2c1=O. The van der Waals surface area contributed by atoms with E-state index in [2.05, 4.69) is 5.32 Å². The van der Waals surface area contributed by atoms with Crippen molar-refractivity contribution < 1.29 is 39.5 Å². The molecule has 0 unspecified atom stereocenters. The van der Waals surface area contributed by atoms with Gasteiger partial charge in [0.15, 0.2) is 0 Å². The number of nitrogen functional groups attached to an aromatic ring is 1. The van der Waals surface area contributed by atoms with Crippen molar-refractivity contribution in [3.05, 3.63) is 183 Å². The van der Waals surface area contributed by atoms with Gasteiger partial charge in [-0.05, 0) is 107 Å². The van der Waals surface area contributed by atoms with E-state index in [-0.39, 0.29) is 101 Å². The molecule has 0 spiro atoms. The number of amides is 1. The van der Waals surface area contributed by atoms with E-state index in [0.717, 1.165) is 23.6 Å². The lowest BCUT2D eigenvalue weighted by Crippen LogP contribution is -2.26. The van der Waals surface area contributed by atoms with E-state index in [4.69, 9.17) is 20.7 Å². The molecule has 428 valence electrons. The first-order chi connectivity index (χ1) is 38.7. The van der Waals surface area contributed by atoms with Crippen molar-refractivity contribution >= 4 is 77.7 Å². The number of non-ortho nitro benzene ring substituents is 2. The maximum atomic E-state index is 12.7. The second-order valence-electron chi connectivity index (χ2n) is 20.0. The van der Waals surface area contributed by atoms with Gasteiger partial charge in [-0.15, -0.1) is 0 Å². The average Bonchev–Trinajstić information content (AvgIpc) is 3.92. The fourth-order valence-electron chi connectivity index (χ4n) is 9.59. The van der Waals surface area contributed by atoms with Crippen molar-refractivity contribution in [2.75, 3.05) is 37.5 Å². The van der Waals surface area contributed by atoms with Gasteiger partial charge in [0.05, 0.1) is 75.4 Å². The molecule has 22 nitrogen and oxygen atoms in total. The predicted octanol–water partition coefficient (Wildman–Crippen LogP) is 8.49. The Balaban J connectivity index is 0.000000177. The minimum atomic E-state index is -0.519. The topological polar surface area (TPSA) is 316 Å². The van der Waals surface area contributed by atoms with E-state index < -0.39 is 15.8 Å². The van der Waals surface area contributed by atoms with Gasteiger partial charge in [-0.25, -0.2) is 0 Å². The van der Waals surface area contributed by atoms with Crippen LogP contribution in [0.5, 0.6) is 0 Å². The van der Waals surface area contributed by atoms with Crippen LogP contribution in [0.4, 0.5) is 22.7 Å². The number of fused-ring (bicyclic) bond motifs is 4. The number of aliphatic hydroxyl groups is 3. The minimum absolute atomic E-state index is 0.0253. The zero-order valence-electron chi connectivity index (χ0n) is 45.8. The van der Waals surface area contributed by atoms with Crippen LogP contribution < -0.4 is 33.3 Å². The molecule has 9 rings (SSSR count). The molecular weight excluding hydrogens is 1040 g/mol. The molecular formula is C59H68N8O14. The summed E-state index contributed by atoms with van der Waals surface area (Å²) in [6.07, 6.45) is 14.1. The Labute approximate surface area is 464 Å². The Bertz CT molecular complexity index is 3810. The standard InChI is InChI=1S/C21H28N2O3.C14H14N2O5.C12H12N2O4.C12H14N2O2/c1-15(14-24)23-12-11-17-18(21(23)26)9-6-10-19(17)22-20(25)13-16-7-4-2-3-5-8-16;1-9(8-21-10(2)17)15-7-6-11-12(14(15)18)4-3-5-13(11)16(19)20;1-8(7-15)13-6-5-9-10(12(13)16)3-2-4-11(9)14(17)18;1-8(7-15)14-6-5-9-10(12(14)16)3-2-4-11(9)13/h6,9-12,15-16,24H,2-5,7-8,13-14H2,1H3,(H,22,25);3-7,9H,8H2,1-2H3;2-6,8,15H,7H2,1H3;2-6,8,15H,7,13H2,1H3/t15-;9-;2*8-/m1111/s1. The van der Waals surface area contributed by atoms with Crippen molar-refractivity contribution in [2.24, 2.45) is 5.92 Å². The number of hydrogen-bond donors (Lipinski definition) is 5. The van der Waals surface area contributed by atoms with Crippen molar-refractivity contribution in [2.45, 2.75) is 104 Å². The summed E-state index contributed by atoms with van der Waals surface area (Å²) in [5.74, 6) is 0.0683. The summed E-state index contributed by atoms with van der Waals surface area (Å²) in [6, 6.07) is 24.9. The number of rotatable bonds is 14. The molecule has 1 aliphatic carbocycles. The summed E-state index contributed by atoms with van der Waals surface area (Å²) in [7, 11) is 0. The summed E-state index contributed by atoms with van der Waals surface area (Å²) < 4.78 is 10.7. The molecule has 1 aliphatic rings. The van der Waals surface area contributed by atoms with Gasteiger partial charge in [-0.2, -0.15) is 0 Å². The monoisotopic (exact) mass is 1110 g/mol. The van der Waals surface area contributed by atoms with Crippen LogP contribution in [0.1, 0.15) is 104 Å². The summed E-state index contributed by atoms with van der Waals surface area (Å²) in [4.78, 5) is 93.4. The van der Waals surface area contributed by atoms with Gasteiger partial charge in [-0.1, -0.05) is 49.9 Å². The highest BCUT2D eigenvalue weighted by Crippen LogP contribution is 2.28. The van der Waals surface area contributed by atoms with E-state index in [0.29, 0.717) is 45.3 Å². The number of benzene rings is 4. The third-order valence-electron chi connectivity index (χ3n) is 14.2. The van der Waals surface area contributed by atoms with Gasteiger partial charge in [0.25, 0.3) is 33.6 Å². The summed E-state index contributed by atoms with van der Waals surface area (Å²) in [6.45, 7) is 8.05. The maximum Gasteiger partial charge on any atom is 0.302 e. The third kappa shape index (κ3) is 14.9. The highest BCUT2D eigenvalue weighted by Gasteiger charge is 2.20. The number of nitrogens with zero attached hydrogens (tertiary/aromatic N) is 6. The van der Waals surface area contributed by atoms with Gasteiger partial charge in [0.2, 0.25) is 5.91 Å². The van der Waals surface area contributed by atoms with E-state index in [1.54, 1.807) is 88.6 Å². The first kappa shape index (κ1) is 61.4. The van der Waals surface area contributed by atoms with Gasteiger partial charge in [0, 0.05) is 83.2 Å². The molecule has 1 saturated carbocycles. The Hall–Kier alpha value is -8.86. The number of carbonyl (C=O) groups excluding carboxylic acids is 2. The molecule has 6 N–H and O–H groups in total. The number of ether oxygens (including phenoxy) is 1. The molecule has 8 aromatic rings. The lowest BCUT2D eigenvalue weighted by molar-refractivity contribution is -0.383. The quantitative estimate of drug-likeness (QED) is 0.0224. The van der Waals surface area contributed by atoms with Crippen molar-refractivity contribution in [1.29, 1.82) is 0 Å². The highest BCUT2D eigenvalue weighted by molar-refractivity contribution is 6.02. The molecule has 0 aliphatic heterocycles. The summed E-state index contributed by atoms with van der Waals surface area (Å²) in [5, 5.41) is 56.1. The van der Waals surface area contributed by atoms with E-state index in [1.165, 1.54) is 99.7 Å². The zero-order chi connectivity index (χ0) is 59.1. The van der Waals surface area contributed by atoms with E-state index in [1.807, 2.05) is 12.1 Å². The number of nitro benzene ring substituents is 2. The average molecular weight is 1110 g/mol. The third-order valence-corrected chi connectivity index (χ3v) is 14.2. The number of aromatic nitrogens is 4. The lowest BCUT2D eigenvalue weighted by atomic mass is 9.96. The van der Waals surface area contributed by atoms with Crippen molar-refractivity contribution in [3.63, 3.8) is 0 Å². The number of carbonyl (C=O) groups is 2. The molecule has 1 fully saturated rings. The molecule has 0 saturated heterocycles. The van der Waals surface area contributed by atoms with Gasteiger partial charge < -0.3 is 49.4 Å². The van der Waals surface area contributed by atoms with Crippen LogP contribution >= 0.6 is 0 Å². The van der Waals surface area contributed by atoms with Crippen molar-refractivity contribution in [3.8, 4) is 0 Å². The first-order valence-electron chi connectivity index (χ1n) is 26.6. The number of nitro groups is 2. The van der Waals surface area contributed by atoms with Crippen molar-refractivity contribution in [1.82, 2.24) is 18.3 Å². The lowest BCUT2D eigenvalue weighted by Gasteiger charge is -2.16. The molecule has 4 aromatic heterocycles. The molecule has 4 aromatic carbocycles. The van der Waals surface area contributed by atoms with Gasteiger partial charge in [-0.3, -0.25) is 49.0 Å². The van der Waals surface area contributed by atoms with E-state index in [9.17, 15) is 54.1 Å². The Morgan fingerprint density at radius 2 is 0.926 bits per heavy atom. The summed E-state index contributed by atoms with van der Waals surface area (Å²) in [5.41, 5.74) is 5.91. The number of esters is 1. The molecule has 1 amide bonds. The van der Waals surface area contributed by atoms with Crippen LogP contribution in [0.25, 0.3) is 43.1 Å². The number of nitrogens with two attached hydrogens (primary N) is 1.